The van der Waals surface area contributed by atoms with Gasteiger partial charge >= 0.3 is 0 Å². The molecule has 0 spiro atoms. The Labute approximate surface area is 179 Å². The van der Waals surface area contributed by atoms with Gasteiger partial charge in [-0.1, -0.05) is 11.8 Å². The second kappa shape index (κ2) is 8.00. The van der Waals surface area contributed by atoms with E-state index >= 15 is 0 Å². The van der Waals surface area contributed by atoms with E-state index < -0.39 is 5.25 Å². The molecular formula is C19H16IN3O4S. The number of hydrogen-bond donors (Lipinski definition) is 1. The Bertz CT molecular complexity index is 964. The van der Waals surface area contributed by atoms with Crippen LogP contribution >= 0.6 is 34.4 Å². The number of carbonyl (C=O) groups is 2. The molecule has 1 unspecified atom stereocenters. The number of aliphatic imine (C=N–C) groups is 1. The summed E-state index contributed by atoms with van der Waals surface area (Å²) in [5, 5.41) is 2.79. The Balaban J connectivity index is 1.52. The van der Waals surface area contributed by atoms with Crippen LogP contribution in [-0.4, -0.2) is 41.0 Å². The van der Waals surface area contributed by atoms with Crippen LogP contribution in [0.3, 0.4) is 0 Å². The normalized spacial score (nSPS) is 19.8. The Morgan fingerprint density at radius 1 is 1.21 bits per heavy atom. The minimum Gasteiger partial charge on any atom is -0.454 e. The van der Waals surface area contributed by atoms with Gasteiger partial charge in [-0.2, -0.15) is 0 Å². The number of amides is 2. The number of carbonyl (C=O) groups excluding carboxylic acids is 2. The van der Waals surface area contributed by atoms with Gasteiger partial charge in [0.25, 0.3) is 0 Å². The Hall–Kier alpha value is -2.27. The largest absolute Gasteiger partial charge is 0.454 e. The second-order valence-electron chi connectivity index (χ2n) is 6.19. The highest BCUT2D eigenvalue weighted by Gasteiger charge is 2.34. The van der Waals surface area contributed by atoms with Crippen molar-refractivity contribution >= 4 is 62.7 Å². The third-order valence-electron chi connectivity index (χ3n) is 4.25. The summed E-state index contributed by atoms with van der Waals surface area (Å²) >= 11 is 3.47. The molecule has 28 heavy (non-hydrogen) atoms. The van der Waals surface area contributed by atoms with Gasteiger partial charge in [0.1, 0.15) is 5.25 Å². The molecule has 2 amide bonds. The highest BCUT2D eigenvalue weighted by atomic mass is 127. The number of benzene rings is 2. The molecule has 0 radical (unpaired) electrons. The first kappa shape index (κ1) is 19.1. The standard InChI is InChI=1S/C19H16IN3O4S/c1-23-17(24)9-16(18(25)21-12-4-2-11(20)3-5-12)28-19(23)22-13-6-7-14-15(8-13)27-10-26-14/h2-8,16H,9-10H2,1H3,(H,21,25). The van der Waals surface area contributed by atoms with Crippen LogP contribution < -0.4 is 14.8 Å². The molecular weight excluding hydrogens is 493 g/mol. The maximum atomic E-state index is 12.7. The molecule has 0 bridgehead atoms. The van der Waals surface area contributed by atoms with E-state index in [9.17, 15) is 9.59 Å². The van der Waals surface area contributed by atoms with Crippen molar-refractivity contribution in [2.75, 3.05) is 19.2 Å². The molecule has 2 heterocycles. The lowest BCUT2D eigenvalue weighted by molar-refractivity contribution is -0.128. The maximum absolute atomic E-state index is 12.7. The topological polar surface area (TPSA) is 80.2 Å². The summed E-state index contributed by atoms with van der Waals surface area (Å²) in [4.78, 5) is 31.1. The summed E-state index contributed by atoms with van der Waals surface area (Å²) in [7, 11) is 1.66. The van der Waals surface area contributed by atoms with Crippen molar-refractivity contribution < 1.29 is 19.1 Å². The Morgan fingerprint density at radius 3 is 2.75 bits per heavy atom. The zero-order valence-corrected chi connectivity index (χ0v) is 17.8. The number of hydrogen-bond acceptors (Lipinski definition) is 6. The van der Waals surface area contributed by atoms with Gasteiger partial charge in [0.15, 0.2) is 16.7 Å². The maximum Gasteiger partial charge on any atom is 0.238 e. The number of amidine groups is 1. The molecule has 144 valence electrons. The van der Waals surface area contributed by atoms with Crippen molar-refractivity contribution in [3.63, 3.8) is 0 Å². The Kier molecular flexibility index (Phi) is 5.44. The lowest BCUT2D eigenvalue weighted by Gasteiger charge is -2.28. The molecule has 7 nitrogen and oxygen atoms in total. The monoisotopic (exact) mass is 509 g/mol. The summed E-state index contributed by atoms with van der Waals surface area (Å²) in [6.07, 6.45) is 0.123. The van der Waals surface area contributed by atoms with Crippen LogP contribution in [0.25, 0.3) is 0 Å². The van der Waals surface area contributed by atoms with Gasteiger partial charge in [0.2, 0.25) is 18.6 Å². The molecule has 0 aromatic heterocycles. The number of nitrogens with zero attached hydrogens (tertiary/aromatic N) is 2. The summed E-state index contributed by atoms with van der Waals surface area (Å²) in [6.45, 7) is 0.184. The highest BCUT2D eigenvalue weighted by molar-refractivity contribution is 14.1. The summed E-state index contributed by atoms with van der Waals surface area (Å²) in [6, 6.07) is 12.8. The van der Waals surface area contributed by atoms with Crippen molar-refractivity contribution in [1.82, 2.24) is 4.90 Å². The number of ether oxygens (including phenoxy) is 2. The van der Waals surface area contributed by atoms with Crippen molar-refractivity contribution in [1.29, 1.82) is 0 Å². The molecule has 1 saturated heterocycles. The fourth-order valence-corrected chi connectivity index (χ4v) is 4.14. The average molecular weight is 509 g/mol. The van der Waals surface area contributed by atoms with Crippen molar-refractivity contribution in [2.24, 2.45) is 4.99 Å². The van der Waals surface area contributed by atoms with Gasteiger partial charge in [-0.25, -0.2) is 4.99 Å². The number of fused-ring (bicyclic) bond motifs is 1. The number of nitrogens with one attached hydrogen (secondary N) is 1. The van der Waals surface area contributed by atoms with E-state index in [1.54, 1.807) is 25.2 Å². The van der Waals surface area contributed by atoms with Gasteiger partial charge < -0.3 is 14.8 Å². The van der Waals surface area contributed by atoms with Gasteiger partial charge in [-0.3, -0.25) is 14.5 Å². The number of thioether (sulfide) groups is 1. The first-order valence-corrected chi connectivity index (χ1v) is 10.4. The van der Waals surface area contributed by atoms with Crippen LogP contribution in [0.15, 0.2) is 47.5 Å². The van der Waals surface area contributed by atoms with E-state index in [2.05, 4.69) is 32.9 Å². The molecule has 2 aromatic carbocycles. The molecule has 1 fully saturated rings. The molecule has 2 aliphatic rings. The molecule has 4 rings (SSSR count). The van der Waals surface area contributed by atoms with Crippen molar-refractivity contribution in [3.8, 4) is 11.5 Å². The third kappa shape index (κ3) is 4.09. The predicted octanol–water partition coefficient (Wildman–Crippen LogP) is 3.61. The van der Waals surface area contributed by atoms with E-state index in [4.69, 9.17) is 9.47 Å². The lowest BCUT2D eigenvalue weighted by Crippen LogP contribution is -2.43. The van der Waals surface area contributed by atoms with E-state index in [0.717, 1.165) is 3.57 Å². The number of halogens is 1. The SMILES string of the molecule is CN1C(=O)CC(C(=O)Nc2ccc(I)cc2)SC1=Nc1ccc2c(c1)OCO2. The third-order valence-corrected chi connectivity index (χ3v) is 6.21. The lowest BCUT2D eigenvalue weighted by atomic mass is 10.2. The molecule has 9 heteroatoms. The minimum atomic E-state index is -0.546. The fourth-order valence-electron chi connectivity index (χ4n) is 2.72. The first-order valence-electron chi connectivity index (χ1n) is 8.47. The first-order chi connectivity index (χ1) is 13.5. The zero-order valence-electron chi connectivity index (χ0n) is 14.8. The van der Waals surface area contributed by atoms with Crippen LogP contribution in [0.4, 0.5) is 11.4 Å². The van der Waals surface area contributed by atoms with E-state index in [0.29, 0.717) is 28.0 Å². The van der Waals surface area contributed by atoms with Crippen molar-refractivity contribution in [3.05, 3.63) is 46.0 Å². The zero-order chi connectivity index (χ0) is 19.7. The minimum absolute atomic E-state index is 0.123. The van der Waals surface area contributed by atoms with Crippen LogP contribution in [0.2, 0.25) is 0 Å². The second-order valence-corrected chi connectivity index (χ2v) is 8.61. The molecule has 1 N–H and O–H groups in total. The number of rotatable bonds is 3. The average Bonchev–Trinajstić information content (AvgIpc) is 3.15. The molecule has 0 saturated carbocycles. The molecule has 2 aromatic rings. The summed E-state index contributed by atoms with van der Waals surface area (Å²) in [5.41, 5.74) is 1.33. The van der Waals surface area contributed by atoms with E-state index in [1.807, 2.05) is 24.3 Å². The van der Waals surface area contributed by atoms with Crippen molar-refractivity contribution in [2.45, 2.75) is 11.7 Å². The van der Waals surface area contributed by atoms with Crippen LogP contribution in [0, 0.1) is 3.57 Å². The fraction of sp³-hybridized carbons (Fsp3) is 0.211. The van der Waals surface area contributed by atoms with Gasteiger partial charge in [0, 0.05) is 28.8 Å². The predicted molar refractivity (Wildman–Crippen MR) is 116 cm³/mol. The smallest absolute Gasteiger partial charge is 0.238 e. The highest BCUT2D eigenvalue weighted by Crippen LogP contribution is 2.36. The summed E-state index contributed by atoms with van der Waals surface area (Å²) in [5.74, 6) is 0.913. The van der Waals surface area contributed by atoms with E-state index in [-0.39, 0.29) is 25.0 Å². The van der Waals surface area contributed by atoms with Gasteiger partial charge in [-0.15, -0.1) is 0 Å². The van der Waals surface area contributed by atoms with E-state index in [1.165, 1.54) is 16.7 Å². The quantitative estimate of drug-likeness (QED) is 0.640. The summed E-state index contributed by atoms with van der Waals surface area (Å²) < 4.78 is 11.7. The van der Waals surface area contributed by atoms with Gasteiger partial charge in [0.05, 0.1) is 5.69 Å². The number of anilines is 1. The molecule has 2 aliphatic heterocycles. The van der Waals surface area contributed by atoms with Crippen LogP contribution in [-0.2, 0) is 9.59 Å². The molecule has 0 aliphatic carbocycles. The van der Waals surface area contributed by atoms with Gasteiger partial charge in [-0.05, 0) is 59.0 Å². The van der Waals surface area contributed by atoms with Crippen LogP contribution in [0.5, 0.6) is 11.5 Å². The van der Waals surface area contributed by atoms with Crippen LogP contribution in [0.1, 0.15) is 6.42 Å². The molecule has 1 atom stereocenters. The Morgan fingerprint density at radius 2 is 1.96 bits per heavy atom.